The van der Waals surface area contributed by atoms with Crippen LogP contribution in [-0.4, -0.2) is 25.9 Å². The zero-order valence-electron chi connectivity index (χ0n) is 9.27. The van der Waals surface area contributed by atoms with Gasteiger partial charge in [-0.2, -0.15) is 9.36 Å². The lowest BCUT2D eigenvalue weighted by molar-refractivity contribution is 0.975. The zero-order valence-corrected chi connectivity index (χ0v) is 10.1. The molecule has 2 heterocycles. The fourth-order valence-corrected chi connectivity index (χ4v) is 1.72. The maximum Gasteiger partial charge on any atom is 0.212 e. The predicted octanol–water partition coefficient (Wildman–Crippen LogP) is 2.13. The summed E-state index contributed by atoms with van der Waals surface area (Å²) in [4.78, 5) is 12.7. The van der Waals surface area contributed by atoms with Crippen molar-refractivity contribution in [2.75, 3.05) is 11.9 Å². The summed E-state index contributed by atoms with van der Waals surface area (Å²) in [6, 6.07) is 0. The molecule has 0 aliphatic heterocycles. The van der Waals surface area contributed by atoms with Crippen LogP contribution in [0.5, 0.6) is 0 Å². The smallest absolute Gasteiger partial charge is 0.212 e. The van der Waals surface area contributed by atoms with E-state index in [2.05, 4.69) is 31.6 Å². The molecule has 0 radical (unpaired) electrons. The Morgan fingerprint density at radius 2 is 2.00 bits per heavy atom. The van der Waals surface area contributed by atoms with Crippen molar-refractivity contribution in [1.29, 1.82) is 0 Å². The van der Waals surface area contributed by atoms with E-state index in [1.54, 1.807) is 12.4 Å². The van der Waals surface area contributed by atoms with Crippen LogP contribution in [0.25, 0.3) is 11.6 Å². The number of aromatic nitrogens is 4. The number of nitrogens with one attached hydrogen (secondary N) is 1. The van der Waals surface area contributed by atoms with E-state index in [1.807, 2.05) is 6.92 Å². The Hall–Kier alpha value is -1.56. The van der Waals surface area contributed by atoms with Gasteiger partial charge in [0.15, 0.2) is 5.82 Å². The molecule has 0 aliphatic carbocycles. The van der Waals surface area contributed by atoms with Crippen LogP contribution in [0.15, 0.2) is 12.4 Å². The lowest BCUT2D eigenvalue weighted by Gasteiger charge is -1.96. The van der Waals surface area contributed by atoms with E-state index < -0.39 is 0 Å². The fourth-order valence-electron chi connectivity index (χ4n) is 1.13. The van der Waals surface area contributed by atoms with E-state index in [0.29, 0.717) is 11.6 Å². The summed E-state index contributed by atoms with van der Waals surface area (Å²) in [7, 11) is 0. The van der Waals surface area contributed by atoms with Gasteiger partial charge in [0.05, 0.1) is 0 Å². The second kappa shape index (κ2) is 4.98. The second-order valence-corrected chi connectivity index (χ2v) is 4.19. The molecule has 0 saturated carbocycles. The summed E-state index contributed by atoms with van der Waals surface area (Å²) in [5.74, 6) is 1.16. The van der Waals surface area contributed by atoms with Crippen molar-refractivity contribution in [3.63, 3.8) is 0 Å². The average Bonchev–Trinajstić information content (AvgIpc) is 2.76. The van der Waals surface area contributed by atoms with Gasteiger partial charge in [-0.25, -0.2) is 9.97 Å². The number of aryl methyl sites for hydroxylation is 1. The Labute approximate surface area is 98.2 Å². The summed E-state index contributed by atoms with van der Waals surface area (Å²) in [6.07, 6.45) is 4.60. The van der Waals surface area contributed by atoms with Crippen molar-refractivity contribution in [3.05, 3.63) is 18.0 Å². The van der Waals surface area contributed by atoms with Crippen molar-refractivity contribution in [2.45, 2.75) is 20.3 Å². The lowest BCUT2D eigenvalue weighted by Crippen LogP contribution is -1.99. The van der Waals surface area contributed by atoms with Gasteiger partial charge in [-0.3, -0.25) is 0 Å². The highest BCUT2D eigenvalue weighted by Gasteiger charge is 2.08. The van der Waals surface area contributed by atoms with Gasteiger partial charge in [-0.1, -0.05) is 6.92 Å². The molecular weight excluding hydrogens is 222 g/mol. The van der Waals surface area contributed by atoms with Crippen LogP contribution < -0.4 is 5.32 Å². The van der Waals surface area contributed by atoms with E-state index in [4.69, 9.17) is 0 Å². The molecule has 16 heavy (non-hydrogen) atoms. The van der Waals surface area contributed by atoms with Crippen molar-refractivity contribution in [2.24, 2.45) is 0 Å². The number of rotatable bonds is 4. The minimum atomic E-state index is 0.575. The van der Waals surface area contributed by atoms with Crippen LogP contribution in [0, 0.1) is 6.92 Å². The molecular formula is C10H13N5S. The molecule has 84 valence electrons. The monoisotopic (exact) mass is 235 g/mol. The fraction of sp³-hybridized carbons (Fsp3) is 0.400. The first-order valence-electron chi connectivity index (χ1n) is 5.16. The third kappa shape index (κ3) is 2.52. The van der Waals surface area contributed by atoms with Gasteiger partial charge in [0.1, 0.15) is 0 Å². The van der Waals surface area contributed by atoms with Crippen LogP contribution in [0.4, 0.5) is 5.13 Å². The summed E-state index contributed by atoms with van der Waals surface area (Å²) in [5, 5.41) is 4.01. The van der Waals surface area contributed by atoms with Crippen LogP contribution >= 0.6 is 11.5 Å². The minimum absolute atomic E-state index is 0.575. The van der Waals surface area contributed by atoms with Gasteiger partial charge in [-0.15, -0.1) is 0 Å². The van der Waals surface area contributed by atoms with Crippen molar-refractivity contribution < 1.29 is 0 Å². The van der Waals surface area contributed by atoms with Crippen LogP contribution in [0.1, 0.15) is 18.9 Å². The molecule has 0 saturated heterocycles. The Bertz CT molecular complexity index is 450. The average molecular weight is 235 g/mol. The van der Waals surface area contributed by atoms with E-state index >= 15 is 0 Å². The molecule has 0 aromatic carbocycles. The van der Waals surface area contributed by atoms with E-state index in [-0.39, 0.29) is 0 Å². The molecule has 1 N–H and O–H groups in total. The number of hydrogen-bond acceptors (Lipinski definition) is 6. The molecule has 5 nitrogen and oxygen atoms in total. The first-order chi connectivity index (χ1) is 7.79. The molecule has 0 aliphatic rings. The number of anilines is 1. The zero-order chi connectivity index (χ0) is 11.4. The Balaban J connectivity index is 2.15. The number of hydrogen-bond donors (Lipinski definition) is 1. The van der Waals surface area contributed by atoms with Gasteiger partial charge in [0, 0.05) is 30.5 Å². The summed E-state index contributed by atoms with van der Waals surface area (Å²) >= 11 is 1.34. The van der Waals surface area contributed by atoms with Crippen LogP contribution in [0.3, 0.4) is 0 Å². The standard InChI is InChI=1S/C10H13N5S/c1-3-4-11-10-14-9(15-16-10)8-12-5-7(2)6-13-8/h5-6H,3-4H2,1-2H3,(H,11,14,15). The highest BCUT2D eigenvalue weighted by molar-refractivity contribution is 7.09. The third-order valence-corrected chi connectivity index (χ3v) is 2.61. The van der Waals surface area contributed by atoms with Crippen molar-refractivity contribution in [1.82, 2.24) is 19.3 Å². The van der Waals surface area contributed by atoms with Crippen LogP contribution in [0.2, 0.25) is 0 Å². The molecule has 2 rings (SSSR count). The minimum Gasteiger partial charge on any atom is -0.360 e. The quantitative estimate of drug-likeness (QED) is 0.879. The molecule has 2 aromatic heterocycles. The molecule has 0 unspecified atom stereocenters. The Morgan fingerprint density at radius 3 is 2.69 bits per heavy atom. The SMILES string of the molecule is CCCNc1nc(-c2ncc(C)cn2)ns1. The highest BCUT2D eigenvalue weighted by atomic mass is 32.1. The second-order valence-electron chi connectivity index (χ2n) is 3.43. The molecule has 0 fully saturated rings. The number of nitrogens with zero attached hydrogens (tertiary/aromatic N) is 4. The molecule has 2 aromatic rings. The molecule has 0 spiro atoms. The Morgan fingerprint density at radius 1 is 1.25 bits per heavy atom. The first-order valence-corrected chi connectivity index (χ1v) is 5.93. The van der Waals surface area contributed by atoms with Crippen LogP contribution in [-0.2, 0) is 0 Å². The van der Waals surface area contributed by atoms with Gasteiger partial charge in [0.2, 0.25) is 11.0 Å². The highest BCUT2D eigenvalue weighted by Crippen LogP contribution is 2.17. The van der Waals surface area contributed by atoms with Crippen molar-refractivity contribution in [3.8, 4) is 11.6 Å². The molecule has 6 heteroatoms. The van der Waals surface area contributed by atoms with E-state index in [9.17, 15) is 0 Å². The van der Waals surface area contributed by atoms with E-state index in [0.717, 1.165) is 23.7 Å². The topological polar surface area (TPSA) is 63.6 Å². The van der Waals surface area contributed by atoms with Gasteiger partial charge in [0.25, 0.3) is 0 Å². The van der Waals surface area contributed by atoms with Gasteiger partial charge >= 0.3 is 0 Å². The predicted molar refractivity (Wildman–Crippen MR) is 64.5 cm³/mol. The molecule has 0 bridgehead atoms. The summed E-state index contributed by atoms with van der Waals surface area (Å²) in [6.45, 7) is 4.97. The summed E-state index contributed by atoms with van der Waals surface area (Å²) < 4.78 is 4.21. The maximum absolute atomic E-state index is 4.32. The first kappa shape index (κ1) is 10.9. The third-order valence-electron chi connectivity index (χ3n) is 1.93. The van der Waals surface area contributed by atoms with E-state index in [1.165, 1.54) is 11.5 Å². The van der Waals surface area contributed by atoms with Gasteiger partial charge in [-0.05, 0) is 18.9 Å². The Kier molecular flexibility index (Phi) is 3.40. The van der Waals surface area contributed by atoms with Crippen molar-refractivity contribution >= 4 is 16.7 Å². The lowest BCUT2D eigenvalue weighted by atomic mass is 10.4. The largest absolute Gasteiger partial charge is 0.360 e. The molecule has 0 amide bonds. The summed E-state index contributed by atoms with van der Waals surface area (Å²) in [5.41, 5.74) is 1.03. The normalized spacial score (nSPS) is 10.4. The molecule has 0 atom stereocenters. The van der Waals surface area contributed by atoms with Gasteiger partial charge < -0.3 is 5.32 Å². The maximum atomic E-state index is 4.32.